The molecule has 0 radical (unpaired) electrons. The van der Waals surface area contributed by atoms with Gasteiger partial charge in [0, 0.05) is 23.5 Å². The number of imidazole rings is 1. The number of H-pyrrole nitrogens is 1. The Morgan fingerprint density at radius 2 is 1.87 bits per heavy atom. The van der Waals surface area contributed by atoms with Gasteiger partial charge in [-0.1, -0.05) is 12.1 Å². The van der Waals surface area contributed by atoms with E-state index in [4.69, 9.17) is 4.74 Å². The van der Waals surface area contributed by atoms with Gasteiger partial charge in [0.2, 0.25) is 0 Å². The number of aromatic nitrogens is 5. The molecule has 23 heavy (non-hydrogen) atoms. The average molecular weight is 303 g/mol. The Morgan fingerprint density at radius 1 is 1.00 bits per heavy atom. The minimum Gasteiger partial charge on any atom is -0.497 e. The van der Waals surface area contributed by atoms with E-state index in [1.807, 2.05) is 36.4 Å². The molecule has 3 heterocycles. The zero-order valence-electron chi connectivity index (χ0n) is 12.4. The molecule has 0 saturated heterocycles. The van der Waals surface area contributed by atoms with Crippen molar-refractivity contribution in [1.82, 2.24) is 24.9 Å². The van der Waals surface area contributed by atoms with Crippen molar-refractivity contribution in [2.45, 2.75) is 0 Å². The van der Waals surface area contributed by atoms with Crippen LogP contribution in [0.25, 0.3) is 33.9 Å². The molecular formula is C17H13N5O. The second-order valence-electron chi connectivity index (χ2n) is 4.98. The predicted molar refractivity (Wildman–Crippen MR) is 86.9 cm³/mol. The number of fused-ring (bicyclic) bond motifs is 1. The summed E-state index contributed by atoms with van der Waals surface area (Å²) in [4.78, 5) is 20.7. The van der Waals surface area contributed by atoms with Crippen LogP contribution in [0.4, 0.5) is 0 Å². The summed E-state index contributed by atoms with van der Waals surface area (Å²) in [6.07, 6.45) is 5.21. The van der Waals surface area contributed by atoms with Crippen LogP contribution < -0.4 is 4.74 Å². The molecule has 1 aromatic carbocycles. The molecule has 0 aliphatic carbocycles. The molecular weight excluding hydrogens is 290 g/mol. The molecule has 0 atom stereocenters. The number of nitrogens with zero attached hydrogens (tertiary/aromatic N) is 4. The molecule has 3 aromatic heterocycles. The maximum atomic E-state index is 5.24. The first-order chi connectivity index (χ1) is 11.3. The van der Waals surface area contributed by atoms with Gasteiger partial charge >= 0.3 is 0 Å². The maximum Gasteiger partial charge on any atom is 0.181 e. The van der Waals surface area contributed by atoms with Gasteiger partial charge in [0.25, 0.3) is 0 Å². The molecule has 0 unspecified atom stereocenters. The minimum atomic E-state index is 0.615. The molecule has 0 aliphatic rings. The Morgan fingerprint density at radius 3 is 2.70 bits per heavy atom. The number of hydrogen-bond donors (Lipinski definition) is 1. The largest absolute Gasteiger partial charge is 0.497 e. The first-order valence-electron chi connectivity index (χ1n) is 7.11. The van der Waals surface area contributed by atoms with Crippen LogP contribution in [0.15, 0.2) is 55.0 Å². The molecule has 0 saturated carbocycles. The summed E-state index contributed by atoms with van der Waals surface area (Å²) in [5, 5.41) is 0. The predicted octanol–water partition coefficient (Wildman–Crippen LogP) is 3.09. The highest BCUT2D eigenvalue weighted by molar-refractivity contribution is 5.77. The van der Waals surface area contributed by atoms with Crippen LogP contribution in [-0.2, 0) is 0 Å². The van der Waals surface area contributed by atoms with E-state index >= 15 is 0 Å². The van der Waals surface area contributed by atoms with Gasteiger partial charge in [-0.15, -0.1) is 0 Å². The smallest absolute Gasteiger partial charge is 0.181 e. The van der Waals surface area contributed by atoms with E-state index in [0.717, 1.165) is 28.2 Å². The van der Waals surface area contributed by atoms with Crippen LogP contribution in [0.2, 0.25) is 0 Å². The fourth-order valence-electron chi connectivity index (χ4n) is 2.36. The summed E-state index contributed by atoms with van der Waals surface area (Å²) in [5.41, 5.74) is 3.27. The van der Waals surface area contributed by atoms with Crippen LogP contribution in [0.1, 0.15) is 0 Å². The number of methoxy groups -OCH3 is 1. The van der Waals surface area contributed by atoms with Crippen molar-refractivity contribution in [3.05, 3.63) is 55.0 Å². The highest BCUT2D eigenvalue weighted by Crippen LogP contribution is 2.23. The summed E-state index contributed by atoms with van der Waals surface area (Å²) in [6, 6.07) is 11.4. The lowest BCUT2D eigenvalue weighted by Gasteiger charge is -2.02. The third-order valence-corrected chi connectivity index (χ3v) is 3.52. The number of ether oxygens (including phenoxy) is 1. The second kappa shape index (κ2) is 5.49. The Hall–Kier alpha value is -3.28. The fraction of sp³-hybridized carbons (Fsp3) is 0.0588. The summed E-state index contributed by atoms with van der Waals surface area (Å²) >= 11 is 0. The van der Waals surface area contributed by atoms with Crippen LogP contribution >= 0.6 is 0 Å². The SMILES string of the molecule is COc1cccc(-c2ncc3[nH]c(-c4ccncc4)nc3n2)c1. The Balaban J connectivity index is 1.79. The van der Waals surface area contributed by atoms with Crippen molar-refractivity contribution in [2.75, 3.05) is 7.11 Å². The van der Waals surface area contributed by atoms with Crippen LogP contribution in [-0.4, -0.2) is 32.0 Å². The van der Waals surface area contributed by atoms with E-state index in [1.54, 1.807) is 25.7 Å². The van der Waals surface area contributed by atoms with Gasteiger partial charge in [0.1, 0.15) is 17.1 Å². The van der Waals surface area contributed by atoms with Gasteiger partial charge in [-0.05, 0) is 24.3 Å². The summed E-state index contributed by atoms with van der Waals surface area (Å²) < 4.78 is 5.24. The molecule has 6 nitrogen and oxygen atoms in total. The lowest BCUT2D eigenvalue weighted by atomic mass is 10.2. The lowest BCUT2D eigenvalue weighted by molar-refractivity contribution is 0.415. The van der Waals surface area contributed by atoms with Crippen LogP contribution in [0.5, 0.6) is 5.75 Å². The number of pyridine rings is 1. The molecule has 4 aromatic rings. The molecule has 0 bridgehead atoms. The number of hydrogen-bond acceptors (Lipinski definition) is 5. The van der Waals surface area contributed by atoms with E-state index in [9.17, 15) is 0 Å². The Kier molecular flexibility index (Phi) is 3.20. The van der Waals surface area contributed by atoms with Crippen molar-refractivity contribution in [2.24, 2.45) is 0 Å². The van der Waals surface area contributed by atoms with Crippen LogP contribution in [0.3, 0.4) is 0 Å². The highest BCUT2D eigenvalue weighted by atomic mass is 16.5. The fourth-order valence-corrected chi connectivity index (χ4v) is 2.36. The Bertz CT molecular complexity index is 965. The molecule has 0 spiro atoms. The monoisotopic (exact) mass is 303 g/mol. The van der Waals surface area contributed by atoms with E-state index in [-0.39, 0.29) is 0 Å². The van der Waals surface area contributed by atoms with Gasteiger partial charge in [0.05, 0.1) is 13.3 Å². The van der Waals surface area contributed by atoms with E-state index in [1.165, 1.54) is 0 Å². The maximum absolute atomic E-state index is 5.24. The third kappa shape index (κ3) is 2.50. The zero-order valence-corrected chi connectivity index (χ0v) is 12.4. The molecule has 6 heteroatoms. The molecule has 0 fully saturated rings. The molecule has 4 rings (SSSR count). The Labute approximate surface area is 132 Å². The lowest BCUT2D eigenvalue weighted by Crippen LogP contribution is -1.90. The molecule has 0 amide bonds. The van der Waals surface area contributed by atoms with Crippen molar-refractivity contribution < 1.29 is 4.74 Å². The normalized spacial score (nSPS) is 10.8. The van der Waals surface area contributed by atoms with Crippen molar-refractivity contribution in [3.63, 3.8) is 0 Å². The molecule has 112 valence electrons. The topological polar surface area (TPSA) is 76.6 Å². The summed E-state index contributed by atoms with van der Waals surface area (Å²) in [5.74, 6) is 2.13. The average Bonchev–Trinajstić information content (AvgIpc) is 3.06. The minimum absolute atomic E-state index is 0.615. The summed E-state index contributed by atoms with van der Waals surface area (Å²) in [7, 11) is 1.64. The van der Waals surface area contributed by atoms with Gasteiger partial charge in [0.15, 0.2) is 11.5 Å². The molecule has 0 aliphatic heterocycles. The summed E-state index contributed by atoms with van der Waals surface area (Å²) in [6.45, 7) is 0. The van der Waals surface area contributed by atoms with E-state index in [0.29, 0.717) is 11.5 Å². The third-order valence-electron chi connectivity index (χ3n) is 3.52. The van der Waals surface area contributed by atoms with E-state index in [2.05, 4.69) is 24.9 Å². The number of aromatic amines is 1. The number of benzene rings is 1. The van der Waals surface area contributed by atoms with Crippen molar-refractivity contribution in [1.29, 1.82) is 0 Å². The van der Waals surface area contributed by atoms with Crippen molar-refractivity contribution >= 4 is 11.2 Å². The quantitative estimate of drug-likeness (QED) is 0.629. The molecule has 1 N–H and O–H groups in total. The number of nitrogens with one attached hydrogen (secondary N) is 1. The first-order valence-corrected chi connectivity index (χ1v) is 7.11. The van der Waals surface area contributed by atoms with Gasteiger partial charge in [-0.2, -0.15) is 0 Å². The van der Waals surface area contributed by atoms with Crippen molar-refractivity contribution in [3.8, 4) is 28.5 Å². The van der Waals surface area contributed by atoms with Gasteiger partial charge < -0.3 is 9.72 Å². The number of rotatable bonds is 3. The first kappa shape index (κ1) is 13.4. The second-order valence-corrected chi connectivity index (χ2v) is 4.98. The standard InChI is InChI=1S/C17H13N5O/c1-23-13-4-2-3-12(9-13)15-19-10-14-17(21-15)22-16(20-14)11-5-7-18-8-6-11/h2-10H,1H3,(H,19,20,21,22). The zero-order chi connectivity index (χ0) is 15.6. The highest BCUT2D eigenvalue weighted by Gasteiger charge is 2.09. The van der Waals surface area contributed by atoms with E-state index < -0.39 is 0 Å². The van der Waals surface area contributed by atoms with Gasteiger partial charge in [-0.25, -0.2) is 15.0 Å². The van der Waals surface area contributed by atoms with Crippen LogP contribution in [0, 0.1) is 0 Å². The van der Waals surface area contributed by atoms with Gasteiger partial charge in [-0.3, -0.25) is 4.98 Å².